The third-order valence-corrected chi connectivity index (χ3v) is 3.79. The first kappa shape index (κ1) is 16.2. The van der Waals surface area contributed by atoms with Crippen LogP contribution in [0.5, 0.6) is 0 Å². The maximum Gasteiger partial charge on any atom is 0.234 e. The number of amides is 1. The molecule has 0 aliphatic carbocycles. The van der Waals surface area contributed by atoms with Gasteiger partial charge in [0.15, 0.2) is 0 Å². The van der Waals surface area contributed by atoms with Crippen LogP contribution in [-0.2, 0) is 11.3 Å². The fourth-order valence-electron chi connectivity index (χ4n) is 2.67. The van der Waals surface area contributed by atoms with Crippen molar-refractivity contribution in [2.75, 3.05) is 0 Å². The highest BCUT2D eigenvalue weighted by Gasteiger charge is 2.16. The van der Waals surface area contributed by atoms with Crippen LogP contribution in [-0.4, -0.2) is 18.2 Å². The zero-order valence-corrected chi connectivity index (χ0v) is 13.1. The first-order chi connectivity index (χ1) is 10.5. The Kier molecular flexibility index (Phi) is 5.28. The van der Waals surface area contributed by atoms with Crippen LogP contribution in [0.2, 0.25) is 0 Å². The van der Waals surface area contributed by atoms with Gasteiger partial charge in [-0.1, -0.05) is 50.2 Å². The second-order valence-corrected chi connectivity index (χ2v) is 5.97. The Labute approximate surface area is 131 Å². The molecule has 0 radical (unpaired) electrons. The Morgan fingerprint density at radius 1 is 1.23 bits per heavy atom. The first-order valence-corrected chi connectivity index (χ1v) is 7.56. The van der Waals surface area contributed by atoms with Crippen LogP contribution in [0.4, 0.5) is 0 Å². The number of primary amides is 1. The lowest BCUT2D eigenvalue weighted by atomic mass is 9.99. The van der Waals surface area contributed by atoms with Gasteiger partial charge in [-0.2, -0.15) is 0 Å². The summed E-state index contributed by atoms with van der Waals surface area (Å²) in [5, 5.41) is 12.9. The molecule has 4 heteroatoms. The number of nitrogens with two attached hydrogens (primary N) is 1. The number of nitrogens with one attached hydrogen (secondary N) is 2. The molecule has 4 nitrogen and oxygen atoms in total. The summed E-state index contributed by atoms with van der Waals surface area (Å²) in [4.78, 5) is 11.6. The summed E-state index contributed by atoms with van der Waals surface area (Å²) in [5.41, 5.74) is 7.48. The van der Waals surface area contributed by atoms with Gasteiger partial charge >= 0.3 is 0 Å². The summed E-state index contributed by atoms with van der Waals surface area (Å²) < 4.78 is 0. The van der Waals surface area contributed by atoms with Crippen molar-refractivity contribution < 1.29 is 4.79 Å². The zero-order chi connectivity index (χ0) is 16.1. The number of carbonyl (C=O) groups is 1. The number of hydrogen-bond donors (Lipinski definition) is 3. The lowest BCUT2D eigenvalue weighted by Crippen LogP contribution is -2.41. The van der Waals surface area contributed by atoms with Crippen molar-refractivity contribution >= 4 is 22.9 Å². The Bertz CT molecular complexity index is 679. The van der Waals surface area contributed by atoms with Crippen LogP contribution in [0, 0.1) is 11.3 Å². The standard InChI is InChI=1S/C18H23N3O/c1-12(2)9-17(18(20)22)21-11-14-8-7-13(10-19)15-5-3-4-6-16(14)15/h3-8,10,12,17,19,21H,9,11H2,1-2H3,(H2,20,22). The number of rotatable bonds is 7. The molecule has 0 heterocycles. The molecule has 0 bridgehead atoms. The maximum atomic E-state index is 11.6. The SMILES string of the molecule is CC(C)CC(NCc1ccc(C=N)c2ccccc12)C(N)=O. The van der Waals surface area contributed by atoms with E-state index in [2.05, 4.69) is 19.2 Å². The normalized spacial score (nSPS) is 12.5. The zero-order valence-electron chi connectivity index (χ0n) is 13.1. The molecule has 1 unspecified atom stereocenters. The van der Waals surface area contributed by atoms with E-state index in [1.807, 2.05) is 36.4 Å². The molecule has 2 aromatic carbocycles. The molecule has 22 heavy (non-hydrogen) atoms. The third kappa shape index (κ3) is 3.71. The molecule has 4 N–H and O–H groups in total. The monoisotopic (exact) mass is 297 g/mol. The van der Waals surface area contributed by atoms with Gasteiger partial charge in [0.05, 0.1) is 6.04 Å². The maximum absolute atomic E-state index is 11.6. The van der Waals surface area contributed by atoms with Gasteiger partial charge in [-0.25, -0.2) is 0 Å². The van der Waals surface area contributed by atoms with E-state index in [1.165, 1.54) is 6.21 Å². The van der Waals surface area contributed by atoms with Crippen LogP contribution in [0.1, 0.15) is 31.4 Å². The third-order valence-electron chi connectivity index (χ3n) is 3.79. The molecule has 0 aliphatic rings. The van der Waals surface area contributed by atoms with Crippen molar-refractivity contribution in [3.63, 3.8) is 0 Å². The number of carbonyl (C=O) groups excluding carboxylic acids is 1. The van der Waals surface area contributed by atoms with Crippen molar-refractivity contribution in [3.8, 4) is 0 Å². The van der Waals surface area contributed by atoms with Gasteiger partial charge in [0, 0.05) is 12.8 Å². The molecule has 116 valence electrons. The van der Waals surface area contributed by atoms with Crippen LogP contribution >= 0.6 is 0 Å². The van der Waals surface area contributed by atoms with Crippen molar-refractivity contribution in [1.82, 2.24) is 5.32 Å². The summed E-state index contributed by atoms with van der Waals surface area (Å²) in [7, 11) is 0. The van der Waals surface area contributed by atoms with E-state index in [-0.39, 0.29) is 11.9 Å². The van der Waals surface area contributed by atoms with Crippen LogP contribution in [0.15, 0.2) is 36.4 Å². The summed E-state index contributed by atoms with van der Waals surface area (Å²) in [6.45, 7) is 4.73. The highest BCUT2D eigenvalue weighted by Crippen LogP contribution is 2.22. The van der Waals surface area contributed by atoms with Gasteiger partial charge in [-0.15, -0.1) is 0 Å². The lowest BCUT2D eigenvalue weighted by molar-refractivity contribution is -0.120. The quantitative estimate of drug-likeness (QED) is 0.687. The van der Waals surface area contributed by atoms with Gasteiger partial charge in [0.1, 0.15) is 0 Å². The molecule has 1 atom stereocenters. The number of fused-ring (bicyclic) bond motifs is 1. The molecule has 0 saturated heterocycles. The highest BCUT2D eigenvalue weighted by atomic mass is 16.1. The van der Waals surface area contributed by atoms with E-state index in [0.29, 0.717) is 12.5 Å². The molecule has 0 aromatic heterocycles. The van der Waals surface area contributed by atoms with E-state index in [9.17, 15) is 4.79 Å². The average Bonchev–Trinajstić information content (AvgIpc) is 2.50. The number of hydrogen-bond acceptors (Lipinski definition) is 3. The predicted molar refractivity (Wildman–Crippen MR) is 91.1 cm³/mol. The van der Waals surface area contributed by atoms with Gasteiger partial charge in [0.2, 0.25) is 5.91 Å². The Balaban J connectivity index is 2.25. The van der Waals surface area contributed by atoms with E-state index in [1.54, 1.807) is 0 Å². The van der Waals surface area contributed by atoms with Gasteiger partial charge in [0.25, 0.3) is 0 Å². The van der Waals surface area contributed by atoms with E-state index >= 15 is 0 Å². The topological polar surface area (TPSA) is 79.0 Å². The second kappa shape index (κ2) is 7.18. The summed E-state index contributed by atoms with van der Waals surface area (Å²) in [5.74, 6) is 0.0937. The molecule has 0 saturated carbocycles. The minimum absolute atomic E-state index is 0.311. The van der Waals surface area contributed by atoms with Crippen LogP contribution in [0.3, 0.4) is 0 Å². The molecular weight excluding hydrogens is 274 g/mol. The van der Waals surface area contributed by atoms with E-state index in [4.69, 9.17) is 11.1 Å². The Morgan fingerprint density at radius 3 is 2.50 bits per heavy atom. The van der Waals surface area contributed by atoms with E-state index < -0.39 is 0 Å². The Hall–Kier alpha value is -2.20. The highest BCUT2D eigenvalue weighted by molar-refractivity contribution is 6.00. The summed E-state index contributed by atoms with van der Waals surface area (Å²) >= 11 is 0. The van der Waals surface area contributed by atoms with Gasteiger partial charge in [-0.3, -0.25) is 4.79 Å². The molecule has 0 spiro atoms. The van der Waals surface area contributed by atoms with Crippen LogP contribution < -0.4 is 11.1 Å². The van der Waals surface area contributed by atoms with Crippen molar-refractivity contribution in [2.45, 2.75) is 32.9 Å². The summed E-state index contributed by atoms with van der Waals surface area (Å²) in [6.07, 6.45) is 2.09. The molecule has 2 rings (SSSR count). The molecular formula is C18H23N3O. The smallest absolute Gasteiger partial charge is 0.234 e. The molecule has 0 fully saturated rings. The number of benzene rings is 2. The average molecular weight is 297 g/mol. The first-order valence-electron chi connectivity index (χ1n) is 7.56. The minimum Gasteiger partial charge on any atom is -0.368 e. The van der Waals surface area contributed by atoms with Crippen LogP contribution in [0.25, 0.3) is 10.8 Å². The van der Waals surface area contributed by atoms with Crippen molar-refractivity contribution in [2.24, 2.45) is 11.7 Å². The van der Waals surface area contributed by atoms with Crippen molar-refractivity contribution in [1.29, 1.82) is 5.41 Å². The predicted octanol–water partition coefficient (Wildman–Crippen LogP) is 2.83. The van der Waals surface area contributed by atoms with Gasteiger partial charge in [-0.05, 0) is 34.2 Å². The molecule has 0 aliphatic heterocycles. The molecule has 2 aromatic rings. The van der Waals surface area contributed by atoms with Gasteiger partial charge < -0.3 is 16.5 Å². The lowest BCUT2D eigenvalue weighted by Gasteiger charge is -2.18. The second-order valence-electron chi connectivity index (χ2n) is 5.97. The summed E-state index contributed by atoms with van der Waals surface area (Å²) in [6, 6.07) is 11.6. The van der Waals surface area contributed by atoms with Crippen molar-refractivity contribution in [3.05, 3.63) is 47.5 Å². The largest absolute Gasteiger partial charge is 0.368 e. The van der Waals surface area contributed by atoms with E-state index in [0.717, 1.165) is 28.3 Å². The fourth-order valence-corrected chi connectivity index (χ4v) is 2.67. The fraction of sp³-hybridized carbons (Fsp3) is 0.333. The minimum atomic E-state index is -0.318. The molecule has 1 amide bonds. The Morgan fingerprint density at radius 2 is 1.91 bits per heavy atom.